The van der Waals surface area contributed by atoms with Gasteiger partial charge in [0.15, 0.2) is 0 Å². The molecule has 8 heteroatoms. The number of hydrazine groups is 1. The molecule has 3 N–H and O–H groups in total. The maximum Gasteiger partial charge on any atom is 0.106 e. The average molecular weight is 361 g/mol. The Kier molecular flexibility index (Phi) is 5.50. The SMILES string of the molecule is COCCn1ncc(Cl)c1C(NN)c1ccc(Br)cn1. The van der Waals surface area contributed by atoms with E-state index in [4.69, 9.17) is 22.2 Å². The van der Waals surface area contributed by atoms with Crippen LogP contribution in [0.15, 0.2) is 29.0 Å². The Hall–Kier alpha value is -0.990. The number of ether oxygens (including phenoxy) is 1. The van der Waals surface area contributed by atoms with Crippen molar-refractivity contribution in [1.29, 1.82) is 0 Å². The van der Waals surface area contributed by atoms with Gasteiger partial charge in [0.1, 0.15) is 6.04 Å². The minimum Gasteiger partial charge on any atom is -0.383 e. The van der Waals surface area contributed by atoms with Crippen LogP contribution in [0.3, 0.4) is 0 Å². The van der Waals surface area contributed by atoms with Crippen molar-refractivity contribution in [2.75, 3.05) is 13.7 Å². The van der Waals surface area contributed by atoms with Crippen LogP contribution in [-0.2, 0) is 11.3 Å². The van der Waals surface area contributed by atoms with E-state index in [0.717, 1.165) is 15.9 Å². The number of nitrogens with two attached hydrogens (primary N) is 1. The average Bonchev–Trinajstić information content (AvgIpc) is 2.81. The predicted octanol–water partition coefficient (Wildman–Crippen LogP) is 1.89. The van der Waals surface area contributed by atoms with Crippen molar-refractivity contribution in [1.82, 2.24) is 20.2 Å². The number of aromatic nitrogens is 3. The van der Waals surface area contributed by atoms with Crippen LogP contribution in [0.4, 0.5) is 0 Å². The molecule has 0 fully saturated rings. The Bertz CT molecular complexity index is 559. The van der Waals surface area contributed by atoms with Crippen LogP contribution in [0.5, 0.6) is 0 Å². The largest absolute Gasteiger partial charge is 0.383 e. The van der Waals surface area contributed by atoms with Gasteiger partial charge in [0.05, 0.1) is 35.8 Å². The summed E-state index contributed by atoms with van der Waals surface area (Å²) in [6.07, 6.45) is 3.30. The second kappa shape index (κ2) is 7.14. The molecule has 0 amide bonds. The zero-order valence-corrected chi connectivity index (χ0v) is 13.2. The van der Waals surface area contributed by atoms with Crippen molar-refractivity contribution in [2.45, 2.75) is 12.6 Å². The number of halogens is 2. The topological polar surface area (TPSA) is 78.0 Å². The lowest BCUT2D eigenvalue weighted by Gasteiger charge is -2.18. The van der Waals surface area contributed by atoms with Crippen LogP contribution in [0, 0.1) is 0 Å². The highest BCUT2D eigenvalue weighted by atomic mass is 79.9. The zero-order valence-electron chi connectivity index (χ0n) is 10.9. The molecule has 0 bridgehead atoms. The molecular weight excluding hydrogens is 346 g/mol. The Balaban J connectivity index is 2.35. The smallest absolute Gasteiger partial charge is 0.106 e. The van der Waals surface area contributed by atoms with Crippen molar-refractivity contribution < 1.29 is 4.74 Å². The quantitative estimate of drug-likeness (QED) is 0.607. The summed E-state index contributed by atoms with van der Waals surface area (Å²) in [6.45, 7) is 1.13. The van der Waals surface area contributed by atoms with Crippen LogP contribution in [-0.4, -0.2) is 28.5 Å². The predicted molar refractivity (Wildman–Crippen MR) is 80.2 cm³/mol. The van der Waals surface area contributed by atoms with E-state index in [1.165, 1.54) is 0 Å². The first-order chi connectivity index (χ1) is 9.67. The molecule has 0 saturated heterocycles. The first-order valence-electron chi connectivity index (χ1n) is 5.95. The second-order valence-electron chi connectivity index (χ2n) is 4.09. The van der Waals surface area contributed by atoms with Crippen LogP contribution in [0.1, 0.15) is 17.4 Å². The van der Waals surface area contributed by atoms with E-state index in [1.807, 2.05) is 12.1 Å². The molecule has 6 nitrogen and oxygen atoms in total. The van der Waals surface area contributed by atoms with Crippen molar-refractivity contribution in [3.05, 3.63) is 45.4 Å². The Morgan fingerprint density at radius 1 is 1.50 bits per heavy atom. The third kappa shape index (κ3) is 3.36. The van der Waals surface area contributed by atoms with Gasteiger partial charge in [0, 0.05) is 17.8 Å². The standard InChI is InChI=1S/C12H15BrClN5O/c1-20-5-4-19-12(9(14)7-17-19)11(18-15)10-3-2-8(13)6-16-10/h2-3,6-7,11,18H,4-5,15H2,1H3. The molecule has 0 aliphatic rings. The van der Waals surface area contributed by atoms with E-state index in [9.17, 15) is 0 Å². The van der Waals surface area contributed by atoms with E-state index in [2.05, 4.69) is 31.4 Å². The fourth-order valence-electron chi connectivity index (χ4n) is 1.88. The Labute approximate surface area is 130 Å². The van der Waals surface area contributed by atoms with Gasteiger partial charge in [0.2, 0.25) is 0 Å². The zero-order chi connectivity index (χ0) is 14.5. The summed E-state index contributed by atoms with van der Waals surface area (Å²) < 4.78 is 7.73. The molecule has 1 atom stereocenters. The summed E-state index contributed by atoms with van der Waals surface area (Å²) in [5, 5.41) is 4.77. The summed E-state index contributed by atoms with van der Waals surface area (Å²) >= 11 is 9.58. The normalized spacial score (nSPS) is 12.6. The van der Waals surface area contributed by atoms with Crippen molar-refractivity contribution in [3.63, 3.8) is 0 Å². The molecule has 108 valence electrons. The Morgan fingerprint density at radius 2 is 2.30 bits per heavy atom. The van der Waals surface area contributed by atoms with Crippen LogP contribution < -0.4 is 11.3 Å². The number of pyridine rings is 1. The summed E-state index contributed by atoms with van der Waals surface area (Å²) in [5.74, 6) is 5.67. The van der Waals surface area contributed by atoms with E-state index in [1.54, 1.807) is 24.2 Å². The lowest BCUT2D eigenvalue weighted by Crippen LogP contribution is -2.32. The third-order valence-corrected chi connectivity index (χ3v) is 3.59. The molecule has 20 heavy (non-hydrogen) atoms. The molecule has 0 aliphatic carbocycles. The highest BCUT2D eigenvalue weighted by molar-refractivity contribution is 9.10. The minimum absolute atomic E-state index is 0.338. The maximum absolute atomic E-state index is 6.22. The van der Waals surface area contributed by atoms with Gasteiger partial charge in [-0.3, -0.25) is 15.5 Å². The molecule has 0 radical (unpaired) electrons. The van der Waals surface area contributed by atoms with E-state index >= 15 is 0 Å². The monoisotopic (exact) mass is 359 g/mol. The number of nitrogens with zero attached hydrogens (tertiary/aromatic N) is 3. The van der Waals surface area contributed by atoms with E-state index in [0.29, 0.717) is 18.2 Å². The number of rotatable bonds is 6. The van der Waals surface area contributed by atoms with Gasteiger partial charge in [0.25, 0.3) is 0 Å². The lowest BCUT2D eigenvalue weighted by molar-refractivity contribution is 0.182. The molecule has 0 aromatic carbocycles. The fraction of sp³-hybridized carbons (Fsp3) is 0.333. The van der Waals surface area contributed by atoms with Gasteiger partial charge >= 0.3 is 0 Å². The number of nitrogens with one attached hydrogen (secondary N) is 1. The number of hydrogen-bond acceptors (Lipinski definition) is 5. The minimum atomic E-state index is -0.338. The molecule has 2 aromatic rings. The van der Waals surface area contributed by atoms with Gasteiger partial charge < -0.3 is 4.74 Å². The van der Waals surface area contributed by atoms with Crippen LogP contribution >= 0.6 is 27.5 Å². The molecule has 0 saturated carbocycles. The van der Waals surface area contributed by atoms with Crippen LogP contribution in [0.25, 0.3) is 0 Å². The van der Waals surface area contributed by atoms with E-state index < -0.39 is 0 Å². The second-order valence-corrected chi connectivity index (χ2v) is 5.42. The molecule has 2 rings (SSSR count). The molecule has 1 unspecified atom stereocenters. The molecule has 2 aromatic heterocycles. The summed E-state index contributed by atoms with van der Waals surface area (Å²) in [6, 6.07) is 3.43. The van der Waals surface area contributed by atoms with Crippen molar-refractivity contribution in [2.24, 2.45) is 5.84 Å². The summed E-state index contributed by atoms with van der Waals surface area (Å²) in [7, 11) is 1.64. The molecule has 2 heterocycles. The van der Waals surface area contributed by atoms with Crippen LogP contribution in [0.2, 0.25) is 5.02 Å². The van der Waals surface area contributed by atoms with Gasteiger partial charge in [-0.15, -0.1) is 0 Å². The van der Waals surface area contributed by atoms with Crippen molar-refractivity contribution >= 4 is 27.5 Å². The third-order valence-electron chi connectivity index (χ3n) is 2.83. The lowest BCUT2D eigenvalue weighted by atomic mass is 10.1. The van der Waals surface area contributed by atoms with Gasteiger partial charge in [-0.25, -0.2) is 5.43 Å². The Morgan fingerprint density at radius 3 is 2.90 bits per heavy atom. The van der Waals surface area contributed by atoms with E-state index in [-0.39, 0.29) is 6.04 Å². The maximum atomic E-state index is 6.22. The van der Waals surface area contributed by atoms with Crippen molar-refractivity contribution in [3.8, 4) is 0 Å². The highest BCUT2D eigenvalue weighted by Gasteiger charge is 2.22. The first-order valence-corrected chi connectivity index (χ1v) is 7.12. The van der Waals surface area contributed by atoms with Gasteiger partial charge in [-0.05, 0) is 28.1 Å². The molecular formula is C12H15BrClN5O. The van der Waals surface area contributed by atoms with Gasteiger partial charge in [-0.1, -0.05) is 11.6 Å². The number of hydrogen-bond donors (Lipinski definition) is 2. The van der Waals surface area contributed by atoms with Gasteiger partial charge in [-0.2, -0.15) is 5.10 Å². The highest BCUT2D eigenvalue weighted by Crippen LogP contribution is 2.27. The fourth-order valence-corrected chi connectivity index (χ4v) is 2.36. The number of methoxy groups -OCH3 is 1. The first kappa shape index (κ1) is 15.4. The molecule has 0 spiro atoms. The summed E-state index contributed by atoms with van der Waals surface area (Å²) in [4.78, 5) is 4.35. The molecule has 0 aliphatic heterocycles. The summed E-state index contributed by atoms with van der Waals surface area (Å²) in [5.41, 5.74) is 4.26.